The van der Waals surface area contributed by atoms with E-state index in [1.807, 2.05) is 0 Å². The molecule has 0 amide bonds. The molecule has 1 unspecified atom stereocenters. The lowest BCUT2D eigenvalue weighted by Crippen LogP contribution is -2.28. The van der Waals surface area contributed by atoms with E-state index in [0.717, 1.165) is 0 Å². The Morgan fingerprint density at radius 3 is 2.31 bits per heavy atom. The summed E-state index contributed by atoms with van der Waals surface area (Å²) in [6.45, 7) is 9.48. The average molecular weight is 221 g/mol. The Hall–Kier alpha value is -0.300. The van der Waals surface area contributed by atoms with Crippen molar-refractivity contribution in [3.05, 3.63) is 11.6 Å². The summed E-state index contributed by atoms with van der Waals surface area (Å²) in [6, 6.07) is 0.308. The molecule has 0 saturated heterocycles. The number of hydrogen-bond donors (Lipinski definition) is 1. The lowest BCUT2D eigenvalue weighted by molar-refractivity contribution is 0.457. The number of allylic oxidation sites excluding steroid dienone is 1. The fourth-order valence-corrected chi connectivity index (χ4v) is 3.70. The van der Waals surface area contributed by atoms with Gasteiger partial charge in [0.1, 0.15) is 0 Å². The van der Waals surface area contributed by atoms with E-state index in [2.05, 4.69) is 33.8 Å². The van der Waals surface area contributed by atoms with E-state index in [1.165, 1.54) is 32.1 Å². The molecule has 2 rings (SSSR count). The molecule has 1 fully saturated rings. The minimum Gasteiger partial charge on any atom is -0.324 e. The highest BCUT2D eigenvalue weighted by Crippen LogP contribution is 2.70. The zero-order valence-corrected chi connectivity index (χ0v) is 11.3. The standard InChI is InChI=1S/C15H27N/c1-14(2)13(15(14,3)4)12(16)11-9-7-5-6-8-10-11/h9,12-13H,5-8,10,16H2,1-4H3. The molecule has 0 radical (unpaired) electrons. The van der Waals surface area contributed by atoms with Crippen LogP contribution in [0.15, 0.2) is 11.6 Å². The van der Waals surface area contributed by atoms with E-state index in [4.69, 9.17) is 5.73 Å². The molecule has 0 heterocycles. The van der Waals surface area contributed by atoms with Crippen molar-refractivity contribution in [3.8, 4) is 0 Å². The van der Waals surface area contributed by atoms with Crippen molar-refractivity contribution >= 4 is 0 Å². The Kier molecular flexibility index (Phi) is 2.94. The second kappa shape index (κ2) is 3.87. The molecule has 0 bridgehead atoms. The van der Waals surface area contributed by atoms with Crippen LogP contribution in [-0.4, -0.2) is 6.04 Å². The molecular weight excluding hydrogens is 194 g/mol. The zero-order valence-electron chi connectivity index (χ0n) is 11.3. The van der Waals surface area contributed by atoms with Crippen molar-refractivity contribution in [2.75, 3.05) is 0 Å². The fraction of sp³-hybridized carbons (Fsp3) is 0.867. The molecule has 0 spiro atoms. The monoisotopic (exact) mass is 221 g/mol. The molecule has 1 nitrogen and oxygen atoms in total. The summed E-state index contributed by atoms with van der Waals surface area (Å²) >= 11 is 0. The normalized spacial score (nSPS) is 30.4. The van der Waals surface area contributed by atoms with Gasteiger partial charge in [-0.25, -0.2) is 0 Å². The first-order valence-corrected chi connectivity index (χ1v) is 6.83. The molecular formula is C15H27N. The van der Waals surface area contributed by atoms with Gasteiger partial charge in [0, 0.05) is 6.04 Å². The highest BCUT2D eigenvalue weighted by molar-refractivity contribution is 5.25. The predicted octanol–water partition coefficient (Wildman–Crippen LogP) is 3.89. The van der Waals surface area contributed by atoms with Crippen LogP contribution in [-0.2, 0) is 0 Å². The van der Waals surface area contributed by atoms with E-state index in [1.54, 1.807) is 5.57 Å². The topological polar surface area (TPSA) is 26.0 Å². The maximum absolute atomic E-state index is 6.51. The average Bonchev–Trinajstić information content (AvgIpc) is 2.73. The van der Waals surface area contributed by atoms with Gasteiger partial charge in [-0.1, -0.05) is 45.8 Å². The molecule has 92 valence electrons. The van der Waals surface area contributed by atoms with E-state index >= 15 is 0 Å². The van der Waals surface area contributed by atoms with Crippen LogP contribution in [0, 0.1) is 16.7 Å². The molecule has 1 heteroatoms. The van der Waals surface area contributed by atoms with Crippen molar-refractivity contribution in [2.24, 2.45) is 22.5 Å². The highest BCUT2D eigenvalue weighted by atomic mass is 14.8. The van der Waals surface area contributed by atoms with Crippen LogP contribution in [0.1, 0.15) is 59.8 Å². The Morgan fingerprint density at radius 1 is 1.12 bits per heavy atom. The van der Waals surface area contributed by atoms with E-state index in [-0.39, 0.29) is 0 Å². The van der Waals surface area contributed by atoms with Gasteiger partial charge in [0.2, 0.25) is 0 Å². The summed E-state index contributed by atoms with van der Waals surface area (Å²) in [5.74, 6) is 0.671. The molecule has 1 atom stereocenters. The molecule has 2 N–H and O–H groups in total. The second-order valence-electron chi connectivity index (χ2n) is 6.83. The first-order chi connectivity index (χ1) is 7.39. The maximum atomic E-state index is 6.51. The van der Waals surface area contributed by atoms with Crippen LogP contribution in [0.25, 0.3) is 0 Å². The molecule has 0 aromatic carbocycles. The van der Waals surface area contributed by atoms with Gasteiger partial charge in [-0.3, -0.25) is 0 Å². The molecule has 2 aliphatic rings. The number of nitrogens with two attached hydrogens (primary N) is 1. The molecule has 1 saturated carbocycles. The lowest BCUT2D eigenvalue weighted by atomic mass is 9.94. The Balaban J connectivity index is 2.09. The highest BCUT2D eigenvalue weighted by Gasteiger charge is 2.66. The molecule has 2 aliphatic carbocycles. The fourth-order valence-electron chi connectivity index (χ4n) is 3.70. The van der Waals surface area contributed by atoms with Gasteiger partial charge in [0.05, 0.1) is 0 Å². The number of hydrogen-bond acceptors (Lipinski definition) is 1. The molecule has 0 aromatic rings. The van der Waals surface area contributed by atoms with Crippen molar-refractivity contribution in [3.63, 3.8) is 0 Å². The van der Waals surface area contributed by atoms with Crippen LogP contribution in [0.3, 0.4) is 0 Å². The van der Waals surface area contributed by atoms with Gasteiger partial charge >= 0.3 is 0 Å². The van der Waals surface area contributed by atoms with E-state index in [9.17, 15) is 0 Å². The third kappa shape index (κ3) is 1.73. The van der Waals surface area contributed by atoms with Gasteiger partial charge in [0.15, 0.2) is 0 Å². The van der Waals surface area contributed by atoms with Crippen LogP contribution < -0.4 is 5.73 Å². The first-order valence-electron chi connectivity index (χ1n) is 6.83. The predicted molar refractivity (Wildman–Crippen MR) is 70.2 cm³/mol. The second-order valence-corrected chi connectivity index (χ2v) is 6.83. The van der Waals surface area contributed by atoms with Gasteiger partial charge in [0.25, 0.3) is 0 Å². The Labute approximate surface area is 100 Å². The Morgan fingerprint density at radius 2 is 1.75 bits per heavy atom. The van der Waals surface area contributed by atoms with Crippen LogP contribution >= 0.6 is 0 Å². The quantitative estimate of drug-likeness (QED) is 0.703. The van der Waals surface area contributed by atoms with Crippen molar-refractivity contribution in [1.82, 2.24) is 0 Å². The number of rotatable bonds is 2. The summed E-state index contributed by atoms with van der Waals surface area (Å²) in [5, 5.41) is 0. The van der Waals surface area contributed by atoms with Crippen LogP contribution in [0.5, 0.6) is 0 Å². The van der Waals surface area contributed by atoms with Crippen molar-refractivity contribution in [1.29, 1.82) is 0 Å². The summed E-state index contributed by atoms with van der Waals surface area (Å²) < 4.78 is 0. The minimum atomic E-state index is 0.308. The minimum absolute atomic E-state index is 0.308. The summed E-state index contributed by atoms with van der Waals surface area (Å²) in [7, 11) is 0. The smallest absolute Gasteiger partial charge is 0.0292 e. The van der Waals surface area contributed by atoms with Gasteiger partial charge in [-0.05, 0) is 42.4 Å². The van der Waals surface area contributed by atoms with Gasteiger partial charge in [-0.15, -0.1) is 0 Å². The van der Waals surface area contributed by atoms with Gasteiger partial charge < -0.3 is 5.73 Å². The summed E-state index contributed by atoms with van der Waals surface area (Å²) in [5.41, 5.74) is 8.88. The van der Waals surface area contributed by atoms with Crippen LogP contribution in [0.2, 0.25) is 0 Å². The lowest BCUT2D eigenvalue weighted by Gasteiger charge is -2.17. The van der Waals surface area contributed by atoms with Crippen molar-refractivity contribution in [2.45, 2.75) is 65.8 Å². The maximum Gasteiger partial charge on any atom is 0.0292 e. The van der Waals surface area contributed by atoms with Crippen molar-refractivity contribution < 1.29 is 0 Å². The SMILES string of the molecule is CC1(C)C(C(N)C2=CCCCCC2)C1(C)C. The molecule has 0 aliphatic heterocycles. The first kappa shape index (κ1) is 12.2. The summed E-state index contributed by atoms with van der Waals surface area (Å²) in [4.78, 5) is 0. The molecule has 0 aromatic heterocycles. The molecule has 16 heavy (non-hydrogen) atoms. The summed E-state index contributed by atoms with van der Waals surface area (Å²) in [6.07, 6.45) is 8.99. The Bertz CT molecular complexity index is 285. The van der Waals surface area contributed by atoms with Gasteiger partial charge in [-0.2, -0.15) is 0 Å². The van der Waals surface area contributed by atoms with E-state index in [0.29, 0.717) is 22.8 Å². The third-order valence-corrected chi connectivity index (χ3v) is 5.50. The van der Waals surface area contributed by atoms with Crippen LogP contribution in [0.4, 0.5) is 0 Å². The van der Waals surface area contributed by atoms with E-state index < -0.39 is 0 Å². The zero-order chi connectivity index (χ0) is 12.0. The third-order valence-electron chi connectivity index (χ3n) is 5.50. The largest absolute Gasteiger partial charge is 0.324 e.